The van der Waals surface area contributed by atoms with E-state index < -0.39 is 16.0 Å². The van der Waals surface area contributed by atoms with Crippen molar-refractivity contribution in [3.05, 3.63) is 42.5 Å². The molecule has 0 aliphatic rings. The van der Waals surface area contributed by atoms with Gasteiger partial charge in [-0.15, -0.1) is 6.58 Å². The second kappa shape index (κ2) is 7.50. The Morgan fingerprint density at radius 3 is 2.52 bits per heavy atom. The zero-order chi connectivity index (χ0) is 15.9. The predicted molar refractivity (Wildman–Crippen MR) is 79.7 cm³/mol. The molecule has 0 atom stereocenters. The van der Waals surface area contributed by atoms with Gasteiger partial charge in [0.05, 0.1) is 18.0 Å². The molecule has 0 aromatic heterocycles. The summed E-state index contributed by atoms with van der Waals surface area (Å²) in [5, 5.41) is 0. The molecular weight excluding hydrogens is 290 g/mol. The lowest BCUT2D eigenvalue weighted by molar-refractivity contribution is -0.136. The minimum atomic E-state index is -3.81. The highest BCUT2D eigenvalue weighted by atomic mass is 32.2. The van der Waals surface area contributed by atoms with Gasteiger partial charge in [-0.1, -0.05) is 23.8 Å². The van der Waals surface area contributed by atoms with Gasteiger partial charge >= 0.3 is 5.97 Å². The van der Waals surface area contributed by atoms with Crippen LogP contribution in [-0.2, 0) is 19.6 Å². The Morgan fingerprint density at radius 1 is 1.38 bits per heavy atom. The summed E-state index contributed by atoms with van der Waals surface area (Å²) in [6.07, 6.45) is 1.39. The number of rotatable bonds is 5. The van der Waals surface area contributed by atoms with Gasteiger partial charge in [-0.2, -0.15) is 0 Å². The van der Waals surface area contributed by atoms with E-state index in [2.05, 4.69) is 23.3 Å². The van der Waals surface area contributed by atoms with Gasteiger partial charge in [0.2, 0.25) is 0 Å². The number of sulfonamides is 1. The molecule has 21 heavy (non-hydrogen) atoms. The first-order chi connectivity index (χ1) is 9.91. The predicted octanol–water partition coefficient (Wildman–Crippen LogP) is 1.70. The maximum atomic E-state index is 12.4. The Labute approximate surface area is 125 Å². The fourth-order valence-electron chi connectivity index (χ4n) is 1.43. The molecule has 0 amide bonds. The van der Waals surface area contributed by atoms with Gasteiger partial charge in [-0.25, -0.2) is 17.5 Å². The number of carbonyl (C=O) groups excluding carboxylic acids is 1. The van der Waals surface area contributed by atoms with Crippen molar-refractivity contribution >= 4 is 16.0 Å². The lowest BCUT2D eigenvalue weighted by atomic mass is 10.2. The maximum Gasteiger partial charge on any atom is 0.386 e. The lowest BCUT2D eigenvalue weighted by Gasteiger charge is -2.15. The molecule has 1 aromatic carbocycles. The Kier molecular flexibility index (Phi) is 6.00. The largest absolute Gasteiger partial charge is 0.456 e. The molecule has 0 radical (unpaired) electrons. The van der Waals surface area contributed by atoms with Gasteiger partial charge in [-0.05, 0) is 26.0 Å². The minimum absolute atomic E-state index is 0.0252. The van der Waals surface area contributed by atoms with Gasteiger partial charge in [-0.3, -0.25) is 0 Å². The zero-order valence-corrected chi connectivity index (χ0v) is 12.8. The first-order valence-electron chi connectivity index (χ1n) is 6.30. The first kappa shape index (κ1) is 16.8. The topological polar surface area (TPSA) is 63.7 Å². The van der Waals surface area contributed by atoms with E-state index in [9.17, 15) is 13.2 Å². The Bertz CT molecular complexity index is 666. The number of esters is 1. The van der Waals surface area contributed by atoms with Crippen molar-refractivity contribution in [3.63, 3.8) is 0 Å². The minimum Gasteiger partial charge on any atom is -0.456 e. The van der Waals surface area contributed by atoms with Crippen LogP contribution in [0.2, 0.25) is 0 Å². The SMILES string of the molecule is C=CCN(C#CC(=O)OCC)S(=O)(=O)c1ccc(C)cc1. The van der Waals surface area contributed by atoms with Gasteiger partial charge in [0.1, 0.15) is 0 Å². The number of aryl methyl sites for hydroxylation is 1. The van der Waals surface area contributed by atoms with Crippen LogP contribution in [0.25, 0.3) is 0 Å². The van der Waals surface area contributed by atoms with Crippen LogP contribution in [0.3, 0.4) is 0 Å². The van der Waals surface area contributed by atoms with Crippen molar-refractivity contribution in [1.29, 1.82) is 0 Å². The van der Waals surface area contributed by atoms with Gasteiger partial charge < -0.3 is 4.74 Å². The van der Waals surface area contributed by atoms with Crippen molar-refractivity contribution < 1.29 is 17.9 Å². The standard InChI is InChI=1S/C15H17NO4S/c1-4-11-16(12-10-15(17)20-5-2)21(18,19)14-8-6-13(3)7-9-14/h4,6-9H,1,5,11H2,2-3H3. The van der Waals surface area contributed by atoms with E-state index in [-0.39, 0.29) is 18.0 Å². The number of benzene rings is 1. The third-order valence-corrected chi connectivity index (χ3v) is 4.15. The van der Waals surface area contributed by atoms with E-state index in [0.29, 0.717) is 0 Å². The Hall–Kier alpha value is -2.26. The monoisotopic (exact) mass is 307 g/mol. The van der Waals surface area contributed by atoms with E-state index in [1.165, 1.54) is 18.2 Å². The number of hydrogen-bond donors (Lipinski definition) is 0. The van der Waals surface area contributed by atoms with Crippen LogP contribution in [0.1, 0.15) is 12.5 Å². The van der Waals surface area contributed by atoms with Crippen molar-refractivity contribution in [2.75, 3.05) is 13.2 Å². The third kappa shape index (κ3) is 4.65. The fraction of sp³-hybridized carbons (Fsp3) is 0.267. The molecule has 6 heteroatoms. The van der Waals surface area contributed by atoms with E-state index in [0.717, 1.165) is 9.87 Å². The van der Waals surface area contributed by atoms with Crippen molar-refractivity contribution in [3.8, 4) is 12.0 Å². The summed E-state index contributed by atoms with van der Waals surface area (Å²) in [6.45, 7) is 7.15. The van der Waals surface area contributed by atoms with Crippen molar-refractivity contribution in [2.45, 2.75) is 18.7 Å². The molecule has 112 valence electrons. The number of hydrogen-bond acceptors (Lipinski definition) is 4. The van der Waals surface area contributed by atoms with E-state index in [4.69, 9.17) is 0 Å². The second-order valence-electron chi connectivity index (χ2n) is 4.10. The van der Waals surface area contributed by atoms with Gasteiger partial charge in [0.25, 0.3) is 10.0 Å². The van der Waals surface area contributed by atoms with Crippen LogP contribution in [0, 0.1) is 18.9 Å². The molecule has 0 spiro atoms. The van der Waals surface area contributed by atoms with Crippen molar-refractivity contribution in [1.82, 2.24) is 4.31 Å². The van der Waals surface area contributed by atoms with E-state index in [1.54, 1.807) is 19.1 Å². The summed E-state index contributed by atoms with van der Waals surface area (Å²) < 4.78 is 30.4. The molecule has 0 heterocycles. The van der Waals surface area contributed by atoms with Crippen LogP contribution in [0.15, 0.2) is 41.8 Å². The van der Waals surface area contributed by atoms with E-state index in [1.807, 2.05) is 6.92 Å². The second-order valence-corrected chi connectivity index (χ2v) is 5.96. The quantitative estimate of drug-likeness (QED) is 0.359. The molecule has 0 unspecified atom stereocenters. The highest BCUT2D eigenvalue weighted by molar-refractivity contribution is 7.89. The van der Waals surface area contributed by atoms with Crippen LogP contribution in [0.4, 0.5) is 0 Å². The summed E-state index contributed by atoms with van der Waals surface area (Å²) in [4.78, 5) is 11.3. The Morgan fingerprint density at radius 2 is 2.00 bits per heavy atom. The molecule has 0 N–H and O–H groups in total. The molecule has 0 saturated carbocycles. The molecule has 0 saturated heterocycles. The summed E-state index contributed by atoms with van der Waals surface area (Å²) in [7, 11) is -3.81. The van der Waals surface area contributed by atoms with Crippen LogP contribution >= 0.6 is 0 Å². The lowest BCUT2D eigenvalue weighted by Crippen LogP contribution is -2.27. The summed E-state index contributed by atoms with van der Waals surface area (Å²) in [5.74, 6) is 1.37. The molecule has 1 aromatic rings. The van der Waals surface area contributed by atoms with Crippen LogP contribution < -0.4 is 0 Å². The fourth-order valence-corrected chi connectivity index (χ4v) is 2.64. The third-order valence-electron chi connectivity index (χ3n) is 2.46. The zero-order valence-electron chi connectivity index (χ0n) is 12.0. The molecule has 0 fully saturated rings. The normalized spacial score (nSPS) is 10.2. The summed E-state index contributed by atoms with van der Waals surface area (Å²) in [6, 6.07) is 8.68. The van der Waals surface area contributed by atoms with Crippen molar-refractivity contribution in [2.24, 2.45) is 0 Å². The van der Waals surface area contributed by atoms with Gasteiger partial charge in [0, 0.05) is 12.0 Å². The molecular formula is C15H17NO4S. The number of ether oxygens (including phenoxy) is 1. The summed E-state index contributed by atoms with van der Waals surface area (Å²) in [5.41, 5.74) is 0.946. The van der Waals surface area contributed by atoms with Gasteiger partial charge in [0.15, 0.2) is 0 Å². The van der Waals surface area contributed by atoms with Crippen LogP contribution in [-0.4, -0.2) is 31.8 Å². The molecule has 0 bridgehead atoms. The molecule has 5 nitrogen and oxygen atoms in total. The highest BCUT2D eigenvalue weighted by Gasteiger charge is 2.21. The maximum absolute atomic E-state index is 12.4. The molecule has 0 aliphatic heterocycles. The average molecular weight is 307 g/mol. The van der Waals surface area contributed by atoms with Crippen LogP contribution in [0.5, 0.6) is 0 Å². The average Bonchev–Trinajstić information content (AvgIpc) is 2.44. The summed E-state index contributed by atoms with van der Waals surface area (Å²) >= 11 is 0. The first-order valence-corrected chi connectivity index (χ1v) is 7.74. The molecule has 1 rings (SSSR count). The number of nitrogens with zero attached hydrogens (tertiary/aromatic N) is 1. The Balaban J connectivity index is 3.11. The number of carbonyl (C=O) groups is 1. The highest BCUT2D eigenvalue weighted by Crippen LogP contribution is 2.15. The van der Waals surface area contributed by atoms with E-state index >= 15 is 0 Å². The molecule has 0 aliphatic carbocycles. The smallest absolute Gasteiger partial charge is 0.386 e.